The van der Waals surface area contributed by atoms with Crippen LogP contribution in [0.25, 0.3) is 10.8 Å². The fourth-order valence-corrected chi connectivity index (χ4v) is 3.08. The zero-order valence-electron chi connectivity index (χ0n) is 12.8. The van der Waals surface area contributed by atoms with Crippen molar-refractivity contribution in [2.75, 3.05) is 5.32 Å². The van der Waals surface area contributed by atoms with E-state index in [4.69, 9.17) is 12.2 Å². The Bertz CT molecular complexity index is 888. The van der Waals surface area contributed by atoms with Crippen LogP contribution in [0.15, 0.2) is 66.7 Å². The molecule has 3 nitrogen and oxygen atoms in total. The maximum atomic E-state index is 12.3. The molecule has 0 atom stereocenters. The molecule has 0 aromatic heterocycles. The van der Waals surface area contributed by atoms with Gasteiger partial charge in [0.1, 0.15) is 0 Å². The first-order valence-corrected chi connectivity index (χ1v) is 8.93. The third kappa shape index (κ3) is 4.30. The second-order valence-electron chi connectivity index (χ2n) is 5.32. The quantitative estimate of drug-likeness (QED) is 0.460. The molecule has 120 valence electrons. The summed E-state index contributed by atoms with van der Waals surface area (Å²) in [6, 6.07) is 21.8. The van der Waals surface area contributed by atoms with E-state index in [2.05, 4.69) is 33.2 Å². The van der Waals surface area contributed by atoms with Gasteiger partial charge in [-0.25, -0.2) is 0 Å². The fourth-order valence-electron chi connectivity index (χ4n) is 2.49. The van der Waals surface area contributed by atoms with Gasteiger partial charge in [0.15, 0.2) is 5.11 Å². The van der Waals surface area contributed by atoms with Crippen molar-refractivity contribution >= 4 is 62.3 Å². The number of carbonyl (C=O) groups is 1. The van der Waals surface area contributed by atoms with Crippen LogP contribution in [0.2, 0.25) is 0 Å². The summed E-state index contributed by atoms with van der Waals surface area (Å²) in [7, 11) is 0. The van der Waals surface area contributed by atoms with E-state index >= 15 is 0 Å². The summed E-state index contributed by atoms with van der Waals surface area (Å²) in [4.78, 5) is 12.3. The summed E-state index contributed by atoms with van der Waals surface area (Å²) in [5.74, 6) is -0.130. The highest BCUT2D eigenvalue weighted by molar-refractivity contribution is 14.1. The van der Waals surface area contributed by atoms with Crippen LogP contribution in [-0.4, -0.2) is 11.0 Å². The topological polar surface area (TPSA) is 41.1 Å². The number of fused-ring (bicyclic) bond motifs is 1. The summed E-state index contributed by atoms with van der Waals surface area (Å²) in [6.45, 7) is 0. The minimum atomic E-state index is -0.130. The largest absolute Gasteiger partial charge is 0.332 e. The number of thiocarbonyl (C=S) groups is 1. The monoisotopic (exact) mass is 446 g/mol. The van der Waals surface area contributed by atoms with Crippen molar-refractivity contribution in [2.24, 2.45) is 0 Å². The molecular formula is C19H15IN2OS. The molecule has 2 N–H and O–H groups in total. The van der Waals surface area contributed by atoms with Crippen molar-refractivity contribution in [1.82, 2.24) is 5.32 Å². The van der Waals surface area contributed by atoms with E-state index in [-0.39, 0.29) is 12.3 Å². The van der Waals surface area contributed by atoms with Crippen molar-refractivity contribution in [3.8, 4) is 0 Å². The molecule has 0 bridgehead atoms. The molecule has 24 heavy (non-hydrogen) atoms. The van der Waals surface area contributed by atoms with E-state index in [0.717, 1.165) is 25.6 Å². The Labute approximate surface area is 159 Å². The van der Waals surface area contributed by atoms with Gasteiger partial charge < -0.3 is 10.6 Å². The van der Waals surface area contributed by atoms with Crippen LogP contribution in [0.4, 0.5) is 5.69 Å². The Balaban J connectivity index is 1.64. The van der Waals surface area contributed by atoms with Crippen LogP contribution >= 0.6 is 34.8 Å². The average Bonchev–Trinajstić information content (AvgIpc) is 2.57. The van der Waals surface area contributed by atoms with Gasteiger partial charge in [-0.3, -0.25) is 4.79 Å². The lowest BCUT2D eigenvalue weighted by molar-refractivity contribution is -0.119. The molecule has 0 aliphatic heterocycles. The first-order chi connectivity index (χ1) is 11.6. The highest BCUT2D eigenvalue weighted by atomic mass is 127. The second-order valence-corrected chi connectivity index (χ2v) is 6.98. The number of halogens is 1. The van der Waals surface area contributed by atoms with Crippen molar-refractivity contribution in [1.29, 1.82) is 0 Å². The van der Waals surface area contributed by atoms with E-state index in [9.17, 15) is 4.79 Å². The first-order valence-electron chi connectivity index (χ1n) is 7.45. The van der Waals surface area contributed by atoms with E-state index in [1.54, 1.807) is 0 Å². The van der Waals surface area contributed by atoms with Gasteiger partial charge in [0, 0.05) is 9.26 Å². The molecule has 0 radical (unpaired) electrons. The summed E-state index contributed by atoms with van der Waals surface area (Å²) < 4.78 is 1.14. The smallest absolute Gasteiger partial charge is 0.230 e. The number of hydrogen-bond donors (Lipinski definition) is 2. The van der Waals surface area contributed by atoms with Crippen LogP contribution in [-0.2, 0) is 11.2 Å². The zero-order valence-corrected chi connectivity index (χ0v) is 15.7. The molecule has 0 saturated carbocycles. The van der Waals surface area contributed by atoms with E-state index < -0.39 is 0 Å². The summed E-state index contributed by atoms with van der Waals surface area (Å²) in [6.07, 6.45) is 0.288. The van der Waals surface area contributed by atoms with Crippen LogP contribution in [0.3, 0.4) is 0 Å². The second kappa shape index (κ2) is 7.72. The van der Waals surface area contributed by atoms with Gasteiger partial charge in [0.2, 0.25) is 5.91 Å². The van der Waals surface area contributed by atoms with Crippen molar-refractivity contribution < 1.29 is 4.79 Å². The fraction of sp³-hybridized carbons (Fsp3) is 0.0526. The van der Waals surface area contributed by atoms with Gasteiger partial charge in [-0.15, -0.1) is 0 Å². The summed E-state index contributed by atoms with van der Waals surface area (Å²) in [5, 5.41) is 8.28. The zero-order chi connectivity index (χ0) is 16.9. The Kier molecular flexibility index (Phi) is 5.42. The highest BCUT2D eigenvalue weighted by Gasteiger charge is 2.08. The van der Waals surface area contributed by atoms with Crippen LogP contribution in [0, 0.1) is 3.57 Å². The van der Waals surface area contributed by atoms with Gasteiger partial charge in [0.05, 0.1) is 6.42 Å². The minimum Gasteiger partial charge on any atom is -0.332 e. The number of anilines is 1. The van der Waals surface area contributed by atoms with E-state index in [0.29, 0.717) is 5.11 Å². The van der Waals surface area contributed by atoms with E-state index in [1.807, 2.05) is 66.7 Å². The standard InChI is InChI=1S/C19H15IN2OS/c20-15-8-10-16(11-9-15)21-19(24)22-18(23)12-14-6-3-5-13-4-1-2-7-17(13)14/h1-11H,12H2,(H2,21,22,23,24). The first kappa shape index (κ1) is 16.9. The lowest BCUT2D eigenvalue weighted by Gasteiger charge is -2.10. The van der Waals surface area contributed by atoms with Gasteiger partial charge in [-0.1, -0.05) is 42.5 Å². The Morgan fingerprint density at radius 2 is 1.67 bits per heavy atom. The number of amides is 1. The Hall–Kier alpha value is -1.99. The Morgan fingerprint density at radius 3 is 2.46 bits per heavy atom. The van der Waals surface area contributed by atoms with Crippen LogP contribution in [0.5, 0.6) is 0 Å². The van der Waals surface area contributed by atoms with Gasteiger partial charge in [-0.05, 0) is 75.4 Å². The number of rotatable bonds is 3. The van der Waals surface area contributed by atoms with Gasteiger partial charge in [0.25, 0.3) is 0 Å². The van der Waals surface area contributed by atoms with Crippen LogP contribution in [0.1, 0.15) is 5.56 Å². The molecule has 3 aromatic carbocycles. The highest BCUT2D eigenvalue weighted by Crippen LogP contribution is 2.18. The molecule has 5 heteroatoms. The lowest BCUT2D eigenvalue weighted by Crippen LogP contribution is -2.35. The third-order valence-electron chi connectivity index (χ3n) is 3.59. The summed E-state index contributed by atoms with van der Waals surface area (Å²) >= 11 is 7.45. The molecule has 0 heterocycles. The van der Waals surface area contributed by atoms with Gasteiger partial charge >= 0.3 is 0 Å². The molecule has 0 unspecified atom stereocenters. The number of nitrogens with one attached hydrogen (secondary N) is 2. The maximum absolute atomic E-state index is 12.3. The normalized spacial score (nSPS) is 10.4. The van der Waals surface area contributed by atoms with Crippen LogP contribution < -0.4 is 10.6 Å². The number of hydrogen-bond acceptors (Lipinski definition) is 2. The number of carbonyl (C=O) groups excluding carboxylic acids is 1. The van der Waals surface area contributed by atoms with Crippen molar-refractivity contribution in [3.63, 3.8) is 0 Å². The SMILES string of the molecule is O=C(Cc1cccc2ccccc12)NC(=S)Nc1ccc(I)cc1. The molecule has 0 saturated heterocycles. The Morgan fingerprint density at radius 1 is 0.958 bits per heavy atom. The van der Waals surface area contributed by atoms with Gasteiger partial charge in [-0.2, -0.15) is 0 Å². The minimum absolute atomic E-state index is 0.130. The number of benzene rings is 3. The molecule has 0 aliphatic carbocycles. The molecule has 0 aliphatic rings. The maximum Gasteiger partial charge on any atom is 0.230 e. The average molecular weight is 446 g/mol. The third-order valence-corrected chi connectivity index (χ3v) is 4.51. The molecule has 0 fully saturated rings. The molecular weight excluding hydrogens is 431 g/mol. The lowest BCUT2D eigenvalue weighted by atomic mass is 10.0. The molecule has 1 amide bonds. The molecule has 3 rings (SSSR count). The predicted molar refractivity (Wildman–Crippen MR) is 111 cm³/mol. The predicted octanol–water partition coefficient (Wildman–Crippen LogP) is 4.50. The molecule has 3 aromatic rings. The molecule has 0 spiro atoms. The van der Waals surface area contributed by atoms with Crippen molar-refractivity contribution in [2.45, 2.75) is 6.42 Å². The van der Waals surface area contributed by atoms with Crippen molar-refractivity contribution in [3.05, 3.63) is 75.9 Å². The van der Waals surface area contributed by atoms with E-state index in [1.165, 1.54) is 0 Å². The summed E-state index contributed by atoms with van der Waals surface area (Å²) in [5.41, 5.74) is 1.84.